The molecular weight excluding hydrogens is 354 g/mol. The van der Waals surface area contributed by atoms with E-state index in [2.05, 4.69) is 10.4 Å². The number of anilines is 1. The molecule has 2 aromatic heterocycles. The summed E-state index contributed by atoms with van der Waals surface area (Å²) < 4.78 is 12.7. The number of hydrogen-bond donors (Lipinski definition) is 1. The first-order valence-corrected chi connectivity index (χ1v) is 8.51. The normalized spacial score (nSPS) is 10.8. The largest absolute Gasteiger partial charge is 0.495 e. The monoisotopic (exact) mass is 373 g/mol. The molecule has 0 bridgehead atoms. The third-order valence-corrected chi connectivity index (χ3v) is 4.63. The number of aryl methyl sites for hydroxylation is 2. The van der Waals surface area contributed by atoms with E-state index in [0.717, 1.165) is 17.0 Å². The Bertz CT molecular complexity index is 959. The Hall–Kier alpha value is -2.73. The van der Waals surface area contributed by atoms with E-state index in [0.29, 0.717) is 28.8 Å². The van der Waals surface area contributed by atoms with Crippen molar-refractivity contribution in [3.05, 3.63) is 63.8 Å². The summed E-state index contributed by atoms with van der Waals surface area (Å²) in [5.41, 5.74) is 3.24. The fourth-order valence-corrected chi connectivity index (χ4v) is 2.80. The van der Waals surface area contributed by atoms with E-state index in [1.54, 1.807) is 23.9 Å². The van der Waals surface area contributed by atoms with Crippen molar-refractivity contribution in [2.24, 2.45) is 0 Å². The molecule has 3 rings (SSSR count). The van der Waals surface area contributed by atoms with E-state index < -0.39 is 0 Å². The Labute approximate surface area is 156 Å². The minimum absolute atomic E-state index is 0.219. The van der Waals surface area contributed by atoms with Gasteiger partial charge < -0.3 is 14.5 Å². The SMILES string of the molecule is COc1ccc(C)cc1NC(=O)c1ccc(Cn2nc(C)c(Cl)c2C)o1. The highest BCUT2D eigenvalue weighted by Gasteiger charge is 2.16. The van der Waals surface area contributed by atoms with Crippen molar-refractivity contribution in [2.45, 2.75) is 27.3 Å². The number of carbonyl (C=O) groups excluding carboxylic acids is 1. The Kier molecular flexibility index (Phi) is 5.04. The molecule has 0 aliphatic heterocycles. The summed E-state index contributed by atoms with van der Waals surface area (Å²) in [4.78, 5) is 12.5. The van der Waals surface area contributed by atoms with Crippen molar-refractivity contribution in [2.75, 3.05) is 12.4 Å². The minimum atomic E-state index is -0.341. The van der Waals surface area contributed by atoms with Crippen molar-refractivity contribution in [3.8, 4) is 5.75 Å². The molecule has 0 aliphatic rings. The molecule has 1 N–H and O–H groups in total. The number of carbonyl (C=O) groups is 1. The summed E-state index contributed by atoms with van der Waals surface area (Å²) in [7, 11) is 1.56. The summed E-state index contributed by atoms with van der Waals surface area (Å²) in [6.07, 6.45) is 0. The molecule has 1 amide bonds. The third-order valence-electron chi connectivity index (χ3n) is 4.09. The number of ether oxygens (including phenoxy) is 1. The first kappa shape index (κ1) is 18.1. The lowest BCUT2D eigenvalue weighted by molar-refractivity contribution is 0.0994. The van der Waals surface area contributed by atoms with Crippen LogP contribution in [0.2, 0.25) is 5.02 Å². The zero-order valence-electron chi connectivity index (χ0n) is 15.1. The molecule has 0 spiro atoms. The lowest BCUT2D eigenvalue weighted by Gasteiger charge is -2.10. The van der Waals surface area contributed by atoms with Crippen LogP contribution in [0.4, 0.5) is 5.69 Å². The summed E-state index contributed by atoms with van der Waals surface area (Å²) in [5, 5.41) is 7.83. The van der Waals surface area contributed by atoms with Crippen LogP contribution in [0.3, 0.4) is 0 Å². The first-order chi connectivity index (χ1) is 12.4. The lowest BCUT2D eigenvalue weighted by Crippen LogP contribution is -2.12. The molecule has 136 valence electrons. The van der Waals surface area contributed by atoms with Gasteiger partial charge in [-0.15, -0.1) is 0 Å². The molecule has 0 unspecified atom stereocenters. The molecule has 0 fully saturated rings. The second-order valence-corrected chi connectivity index (χ2v) is 6.44. The molecule has 0 aliphatic carbocycles. The van der Waals surface area contributed by atoms with Gasteiger partial charge in [-0.25, -0.2) is 0 Å². The van der Waals surface area contributed by atoms with Crippen molar-refractivity contribution in [3.63, 3.8) is 0 Å². The Morgan fingerprint density at radius 2 is 2.04 bits per heavy atom. The fourth-order valence-electron chi connectivity index (χ4n) is 2.66. The molecule has 0 saturated carbocycles. The van der Waals surface area contributed by atoms with Gasteiger partial charge in [0, 0.05) is 0 Å². The third kappa shape index (κ3) is 3.60. The van der Waals surface area contributed by atoms with Gasteiger partial charge in [-0.2, -0.15) is 5.10 Å². The van der Waals surface area contributed by atoms with Gasteiger partial charge in [0.2, 0.25) is 0 Å². The van der Waals surface area contributed by atoms with E-state index in [4.69, 9.17) is 20.8 Å². The zero-order valence-corrected chi connectivity index (χ0v) is 15.8. The maximum absolute atomic E-state index is 12.5. The molecule has 3 aromatic rings. The van der Waals surface area contributed by atoms with E-state index in [1.807, 2.05) is 39.0 Å². The average molecular weight is 374 g/mol. The van der Waals surface area contributed by atoms with Gasteiger partial charge in [-0.1, -0.05) is 17.7 Å². The highest BCUT2D eigenvalue weighted by molar-refractivity contribution is 6.31. The van der Waals surface area contributed by atoms with E-state index in [1.165, 1.54) is 0 Å². The molecule has 0 atom stereocenters. The number of amides is 1. The van der Waals surface area contributed by atoms with Crippen LogP contribution >= 0.6 is 11.6 Å². The Morgan fingerprint density at radius 1 is 1.27 bits per heavy atom. The molecule has 26 heavy (non-hydrogen) atoms. The summed E-state index contributed by atoms with van der Waals surface area (Å²) in [6, 6.07) is 8.97. The molecular formula is C19H20ClN3O3. The maximum atomic E-state index is 12.5. The number of nitrogens with zero attached hydrogens (tertiary/aromatic N) is 2. The lowest BCUT2D eigenvalue weighted by atomic mass is 10.2. The van der Waals surface area contributed by atoms with Crippen LogP contribution in [0.5, 0.6) is 5.75 Å². The molecule has 0 radical (unpaired) electrons. The molecule has 0 saturated heterocycles. The van der Waals surface area contributed by atoms with E-state index >= 15 is 0 Å². The molecule has 6 nitrogen and oxygen atoms in total. The number of rotatable bonds is 5. The van der Waals surface area contributed by atoms with Crippen molar-refractivity contribution < 1.29 is 13.9 Å². The fraction of sp³-hybridized carbons (Fsp3) is 0.263. The van der Waals surface area contributed by atoms with Gasteiger partial charge in [0.25, 0.3) is 5.91 Å². The number of hydrogen-bond acceptors (Lipinski definition) is 4. The van der Waals surface area contributed by atoms with Gasteiger partial charge in [0.05, 0.1) is 35.8 Å². The Morgan fingerprint density at radius 3 is 2.69 bits per heavy atom. The predicted octanol–water partition coefficient (Wildman–Crippen LogP) is 4.36. The Balaban J connectivity index is 1.76. The van der Waals surface area contributed by atoms with Gasteiger partial charge in [0.1, 0.15) is 11.5 Å². The second-order valence-electron chi connectivity index (χ2n) is 6.07. The number of benzene rings is 1. The van der Waals surface area contributed by atoms with Crippen LogP contribution in [0.25, 0.3) is 0 Å². The van der Waals surface area contributed by atoms with E-state index in [9.17, 15) is 4.79 Å². The van der Waals surface area contributed by atoms with Gasteiger partial charge in [0.15, 0.2) is 5.76 Å². The second kappa shape index (κ2) is 7.25. The van der Waals surface area contributed by atoms with Crippen LogP contribution in [-0.4, -0.2) is 22.8 Å². The minimum Gasteiger partial charge on any atom is -0.495 e. The summed E-state index contributed by atoms with van der Waals surface area (Å²) in [5.74, 6) is 1.09. The van der Waals surface area contributed by atoms with Crippen molar-refractivity contribution in [1.29, 1.82) is 0 Å². The number of methoxy groups -OCH3 is 1. The smallest absolute Gasteiger partial charge is 0.291 e. The average Bonchev–Trinajstić information content (AvgIpc) is 3.17. The molecule has 1 aromatic carbocycles. The number of aromatic nitrogens is 2. The van der Waals surface area contributed by atoms with Crippen LogP contribution < -0.4 is 10.1 Å². The summed E-state index contributed by atoms with van der Waals surface area (Å²) in [6.45, 7) is 6.09. The number of halogens is 1. The topological polar surface area (TPSA) is 69.3 Å². The van der Waals surface area contributed by atoms with E-state index in [-0.39, 0.29) is 11.7 Å². The zero-order chi connectivity index (χ0) is 18.8. The highest BCUT2D eigenvalue weighted by Crippen LogP contribution is 2.26. The van der Waals surface area contributed by atoms with Crippen molar-refractivity contribution in [1.82, 2.24) is 9.78 Å². The predicted molar refractivity (Wildman–Crippen MR) is 100 cm³/mol. The van der Waals surface area contributed by atoms with Gasteiger partial charge >= 0.3 is 0 Å². The van der Waals surface area contributed by atoms with Crippen LogP contribution in [0.15, 0.2) is 34.7 Å². The molecule has 2 heterocycles. The summed E-state index contributed by atoms with van der Waals surface area (Å²) >= 11 is 6.16. The van der Waals surface area contributed by atoms with Crippen LogP contribution in [-0.2, 0) is 6.54 Å². The quantitative estimate of drug-likeness (QED) is 0.721. The highest BCUT2D eigenvalue weighted by atomic mass is 35.5. The first-order valence-electron chi connectivity index (χ1n) is 8.13. The maximum Gasteiger partial charge on any atom is 0.291 e. The van der Waals surface area contributed by atoms with Gasteiger partial charge in [-0.05, 0) is 50.6 Å². The number of furan rings is 1. The number of nitrogens with one attached hydrogen (secondary N) is 1. The van der Waals surface area contributed by atoms with Crippen LogP contribution in [0, 0.1) is 20.8 Å². The van der Waals surface area contributed by atoms with Gasteiger partial charge in [-0.3, -0.25) is 9.48 Å². The standard InChI is InChI=1S/C19H20ClN3O3/c1-11-5-7-16(25-4)15(9-11)21-19(24)17-8-6-14(26-17)10-23-13(3)18(20)12(2)22-23/h5-9H,10H2,1-4H3,(H,21,24). The molecule has 7 heteroatoms. The van der Waals surface area contributed by atoms with Crippen LogP contribution in [0.1, 0.15) is 33.3 Å². The van der Waals surface area contributed by atoms with Crippen molar-refractivity contribution >= 4 is 23.2 Å².